The highest BCUT2D eigenvalue weighted by molar-refractivity contribution is 6.66. The molecule has 0 saturated heterocycles. The van der Waals surface area contributed by atoms with E-state index < -0.39 is 8.56 Å². The van der Waals surface area contributed by atoms with Crippen LogP contribution in [0.25, 0.3) is 0 Å². The Morgan fingerprint density at radius 1 is 1.33 bits per heavy atom. The summed E-state index contributed by atoms with van der Waals surface area (Å²) in [7, 11) is -2.23. The molecule has 0 aromatic rings. The Hall–Kier alpha value is -0.653. The number of hydrogen-bond acceptors (Lipinski definition) is 3. The summed E-state index contributed by atoms with van der Waals surface area (Å²) in [6.07, 6.45) is 0.459. The molecule has 0 heterocycles. The smallest absolute Gasteiger partial charge is 0.354 e. The minimum Gasteiger partial charge on any atom is -0.394 e. The van der Waals surface area contributed by atoms with Crippen LogP contribution in [0.2, 0.25) is 6.55 Å². The van der Waals surface area contributed by atoms with E-state index in [4.69, 9.17) is 8.85 Å². The van der Waals surface area contributed by atoms with Gasteiger partial charge in [-0.15, -0.1) is 0 Å². The van der Waals surface area contributed by atoms with Crippen molar-refractivity contribution in [3.63, 3.8) is 0 Å². The molecule has 88 valence electrons. The fraction of sp³-hybridized carbons (Fsp3) is 0.700. The number of carbonyl (C=O) groups is 1. The molecule has 0 bridgehead atoms. The van der Waals surface area contributed by atoms with E-state index in [9.17, 15) is 4.79 Å². The second kappa shape index (κ2) is 6.76. The Balaban J connectivity index is 4.17. The summed E-state index contributed by atoms with van der Waals surface area (Å²) in [6.45, 7) is 12.2. The quantitative estimate of drug-likeness (QED) is 0.531. The molecule has 0 spiro atoms. The number of carbonyl (C=O) groups excluding carboxylic acids is 1. The summed E-state index contributed by atoms with van der Waals surface area (Å²) in [4.78, 5) is 11.3. The lowest BCUT2D eigenvalue weighted by Crippen LogP contribution is -2.50. The van der Waals surface area contributed by atoms with E-state index in [1.807, 2.05) is 20.4 Å². The van der Waals surface area contributed by atoms with Crippen molar-refractivity contribution >= 4 is 14.5 Å². The zero-order valence-corrected chi connectivity index (χ0v) is 11.1. The van der Waals surface area contributed by atoms with Crippen molar-refractivity contribution < 1.29 is 13.6 Å². The topological polar surface area (TPSA) is 47.6 Å². The van der Waals surface area contributed by atoms with E-state index >= 15 is 0 Å². The fourth-order valence-electron chi connectivity index (χ4n) is 1.15. The summed E-state index contributed by atoms with van der Waals surface area (Å²) >= 11 is 0. The molecule has 1 amide bonds. The molecule has 0 fully saturated rings. The molecule has 15 heavy (non-hydrogen) atoms. The maximum absolute atomic E-state index is 11.3. The Morgan fingerprint density at radius 2 is 1.80 bits per heavy atom. The third kappa shape index (κ3) is 5.71. The first-order valence-electron chi connectivity index (χ1n) is 5.16. The number of nitrogens with one attached hydrogen (secondary N) is 1. The van der Waals surface area contributed by atoms with Crippen LogP contribution in [0.15, 0.2) is 12.2 Å². The molecule has 0 aromatic heterocycles. The molecule has 0 aliphatic heterocycles. The predicted octanol–water partition coefficient (Wildman–Crippen LogP) is 1.36. The Labute approximate surface area is 92.9 Å². The lowest BCUT2D eigenvalue weighted by Gasteiger charge is -2.26. The van der Waals surface area contributed by atoms with Crippen LogP contribution in [0.5, 0.6) is 0 Å². The van der Waals surface area contributed by atoms with Crippen molar-refractivity contribution in [2.24, 2.45) is 0 Å². The highest BCUT2D eigenvalue weighted by Crippen LogP contribution is 2.05. The maximum atomic E-state index is 11.3. The molecule has 0 aliphatic carbocycles. The zero-order chi connectivity index (χ0) is 11.9. The summed E-state index contributed by atoms with van der Waals surface area (Å²) < 4.78 is 11.1. The molecular weight excluding hydrogens is 210 g/mol. The SMILES string of the molecule is C=C(C)C(=O)NC[Si](C)(OCC)OCC. The van der Waals surface area contributed by atoms with Crippen molar-refractivity contribution in [3.8, 4) is 0 Å². The van der Waals surface area contributed by atoms with Gasteiger partial charge in [-0.1, -0.05) is 6.58 Å². The first-order chi connectivity index (χ1) is 6.95. The molecule has 0 radical (unpaired) electrons. The van der Waals surface area contributed by atoms with Gasteiger partial charge < -0.3 is 14.2 Å². The van der Waals surface area contributed by atoms with Gasteiger partial charge in [0, 0.05) is 18.8 Å². The first-order valence-corrected chi connectivity index (χ1v) is 7.69. The number of rotatable bonds is 7. The monoisotopic (exact) mass is 231 g/mol. The molecule has 5 heteroatoms. The molecule has 0 aromatic carbocycles. The van der Waals surface area contributed by atoms with Crippen LogP contribution < -0.4 is 5.32 Å². The van der Waals surface area contributed by atoms with Gasteiger partial charge in [-0.05, 0) is 27.3 Å². The standard InChI is InChI=1S/C10H21NO3Si/c1-6-13-15(5,14-7-2)8-11-10(12)9(3)4/h3,6-8H2,1-2,4-5H3,(H,11,12). The van der Waals surface area contributed by atoms with Crippen molar-refractivity contribution in [2.45, 2.75) is 27.3 Å². The minimum atomic E-state index is -2.23. The van der Waals surface area contributed by atoms with Gasteiger partial charge in [-0.3, -0.25) is 4.79 Å². The van der Waals surface area contributed by atoms with Gasteiger partial charge in [-0.2, -0.15) is 0 Å². The van der Waals surface area contributed by atoms with Crippen LogP contribution in [0.3, 0.4) is 0 Å². The third-order valence-electron chi connectivity index (χ3n) is 1.86. The molecule has 0 rings (SSSR count). The van der Waals surface area contributed by atoms with Gasteiger partial charge in [0.2, 0.25) is 5.91 Å². The van der Waals surface area contributed by atoms with Gasteiger partial charge in [0.15, 0.2) is 0 Å². The lowest BCUT2D eigenvalue weighted by atomic mass is 10.3. The summed E-state index contributed by atoms with van der Waals surface area (Å²) in [6, 6.07) is 0. The van der Waals surface area contributed by atoms with E-state index in [0.29, 0.717) is 25.0 Å². The summed E-state index contributed by atoms with van der Waals surface area (Å²) in [5.74, 6) is -0.145. The van der Waals surface area contributed by atoms with Gasteiger partial charge >= 0.3 is 8.56 Å². The molecule has 0 aliphatic rings. The van der Waals surface area contributed by atoms with Crippen LogP contribution in [0, 0.1) is 0 Å². The van der Waals surface area contributed by atoms with Crippen molar-refractivity contribution in [1.82, 2.24) is 5.32 Å². The Bertz CT molecular complexity index is 225. The number of hydrogen-bond donors (Lipinski definition) is 1. The highest BCUT2D eigenvalue weighted by atomic mass is 28.4. The van der Waals surface area contributed by atoms with Crippen LogP contribution in [-0.4, -0.2) is 33.8 Å². The normalized spacial score (nSPS) is 11.2. The van der Waals surface area contributed by atoms with Crippen LogP contribution >= 0.6 is 0 Å². The Kier molecular flexibility index (Phi) is 6.47. The second-order valence-corrected chi connectivity index (χ2v) is 6.66. The van der Waals surface area contributed by atoms with Gasteiger partial charge in [0.25, 0.3) is 0 Å². The summed E-state index contributed by atoms with van der Waals surface area (Å²) in [5.41, 5.74) is 0.499. The van der Waals surface area contributed by atoms with Crippen LogP contribution in [0.4, 0.5) is 0 Å². The fourth-order valence-corrected chi connectivity index (χ4v) is 3.14. The van der Waals surface area contributed by atoms with E-state index in [1.165, 1.54) is 0 Å². The van der Waals surface area contributed by atoms with Crippen LogP contribution in [0.1, 0.15) is 20.8 Å². The largest absolute Gasteiger partial charge is 0.394 e. The van der Waals surface area contributed by atoms with Gasteiger partial charge in [0.05, 0.1) is 6.17 Å². The second-order valence-electron chi connectivity index (χ2n) is 3.46. The average molecular weight is 231 g/mol. The van der Waals surface area contributed by atoms with E-state index in [-0.39, 0.29) is 5.91 Å². The van der Waals surface area contributed by atoms with Crippen LogP contribution in [-0.2, 0) is 13.6 Å². The van der Waals surface area contributed by atoms with Crippen molar-refractivity contribution in [2.75, 3.05) is 19.4 Å². The Morgan fingerprint density at radius 3 is 2.13 bits per heavy atom. The maximum Gasteiger partial charge on any atom is 0.354 e. The van der Waals surface area contributed by atoms with Gasteiger partial charge in [0.1, 0.15) is 0 Å². The van der Waals surface area contributed by atoms with E-state index in [0.717, 1.165) is 0 Å². The average Bonchev–Trinajstić information content (AvgIpc) is 2.15. The minimum absolute atomic E-state index is 0.145. The predicted molar refractivity (Wildman–Crippen MR) is 62.7 cm³/mol. The molecule has 4 nitrogen and oxygen atoms in total. The molecular formula is C10H21NO3Si. The first kappa shape index (κ1) is 14.3. The molecule has 0 atom stereocenters. The third-order valence-corrected chi connectivity index (χ3v) is 4.47. The van der Waals surface area contributed by atoms with E-state index in [1.54, 1.807) is 6.92 Å². The number of amides is 1. The molecule has 0 saturated carbocycles. The zero-order valence-electron chi connectivity index (χ0n) is 10.1. The highest BCUT2D eigenvalue weighted by Gasteiger charge is 2.31. The van der Waals surface area contributed by atoms with Crippen molar-refractivity contribution in [1.29, 1.82) is 0 Å². The lowest BCUT2D eigenvalue weighted by molar-refractivity contribution is -0.117. The molecule has 1 N–H and O–H groups in total. The van der Waals surface area contributed by atoms with Crippen molar-refractivity contribution in [3.05, 3.63) is 12.2 Å². The molecule has 0 unspecified atom stereocenters. The van der Waals surface area contributed by atoms with E-state index in [2.05, 4.69) is 11.9 Å². The van der Waals surface area contributed by atoms with Gasteiger partial charge in [-0.25, -0.2) is 0 Å². The summed E-state index contributed by atoms with van der Waals surface area (Å²) in [5, 5.41) is 2.77.